The van der Waals surface area contributed by atoms with Crippen molar-refractivity contribution in [3.8, 4) is 10.4 Å². The lowest BCUT2D eigenvalue weighted by Crippen LogP contribution is -2.52. The number of Topliss-reactive ketones (excluding diaryl/α,β-unsaturated/α-hetero) is 1. The van der Waals surface area contributed by atoms with E-state index in [1.54, 1.807) is 23.5 Å². The van der Waals surface area contributed by atoms with Crippen LogP contribution in [0.15, 0.2) is 36.4 Å². The molecule has 2 aromatic rings. The van der Waals surface area contributed by atoms with Gasteiger partial charge in [0.15, 0.2) is 5.78 Å². The molecule has 3 amide bonds. The van der Waals surface area contributed by atoms with Gasteiger partial charge in [-0.1, -0.05) is 26.0 Å². The van der Waals surface area contributed by atoms with Crippen LogP contribution in [-0.2, 0) is 14.4 Å². The monoisotopic (exact) mass is 443 g/mol. The molecule has 0 radical (unpaired) electrons. The molecule has 1 aromatic carbocycles. The van der Waals surface area contributed by atoms with E-state index in [1.807, 2.05) is 45.0 Å². The highest BCUT2D eigenvalue weighted by Gasteiger charge is 2.24. The van der Waals surface area contributed by atoms with Crippen molar-refractivity contribution < 1.29 is 19.2 Å². The van der Waals surface area contributed by atoms with Crippen molar-refractivity contribution in [2.75, 3.05) is 6.54 Å². The molecule has 0 spiro atoms. The lowest BCUT2D eigenvalue weighted by atomic mass is 10.0. The molecule has 7 nitrogen and oxygen atoms in total. The highest BCUT2D eigenvalue weighted by atomic mass is 32.1. The van der Waals surface area contributed by atoms with Crippen molar-refractivity contribution in [2.24, 2.45) is 5.92 Å². The first-order valence-electron chi connectivity index (χ1n) is 10.1. The Morgan fingerprint density at radius 2 is 1.58 bits per heavy atom. The quantitative estimate of drug-likeness (QED) is 0.554. The van der Waals surface area contributed by atoms with Gasteiger partial charge >= 0.3 is 0 Å². The number of carbonyl (C=O) groups is 4. The molecule has 0 aliphatic rings. The van der Waals surface area contributed by atoms with Gasteiger partial charge in [-0.25, -0.2) is 0 Å². The van der Waals surface area contributed by atoms with Crippen molar-refractivity contribution in [1.29, 1.82) is 0 Å². The fourth-order valence-electron chi connectivity index (χ4n) is 3.01. The van der Waals surface area contributed by atoms with E-state index in [0.29, 0.717) is 5.56 Å². The number of hydrogen-bond acceptors (Lipinski definition) is 5. The molecule has 1 heterocycles. The number of thiophene rings is 1. The Morgan fingerprint density at radius 1 is 0.935 bits per heavy atom. The minimum absolute atomic E-state index is 0.0566. The van der Waals surface area contributed by atoms with Crippen molar-refractivity contribution in [1.82, 2.24) is 16.0 Å². The molecule has 2 atom stereocenters. The molecule has 1 aromatic heterocycles. The van der Waals surface area contributed by atoms with Crippen LogP contribution >= 0.6 is 11.3 Å². The van der Waals surface area contributed by atoms with Crippen molar-refractivity contribution in [3.05, 3.63) is 46.8 Å². The molecule has 3 N–H and O–H groups in total. The second kappa shape index (κ2) is 10.9. The van der Waals surface area contributed by atoms with Crippen LogP contribution in [0.5, 0.6) is 0 Å². The van der Waals surface area contributed by atoms with Crippen LogP contribution in [0, 0.1) is 12.8 Å². The van der Waals surface area contributed by atoms with E-state index in [4.69, 9.17) is 0 Å². The fraction of sp³-hybridized carbons (Fsp3) is 0.391. The normalized spacial score (nSPS) is 12.7. The summed E-state index contributed by atoms with van der Waals surface area (Å²) >= 11 is 1.68. The third-order valence-electron chi connectivity index (χ3n) is 4.75. The van der Waals surface area contributed by atoms with E-state index in [1.165, 1.54) is 18.7 Å². The second-order valence-corrected chi connectivity index (χ2v) is 9.09. The number of amides is 3. The molecule has 0 fully saturated rings. The molecular weight excluding hydrogens is 414 g/mol. The largest absolute Gasteiger partial charge is 0.344 e. The van der Waals surface area contributed by atoms with Crippen LogP contribution in [0.1, 0.15) is 42.9 Å². The van der Waals surface area contributed by atoms with Gasteiger partial charge in [-0.3, -0.25) is 19.2 Å². The van der Waals surface area contributed by atoms with Crippen molar-refractivity contribution in [2.45, 2.75) is 46.7 Å². The van der Waals surface area contributed by atoms with Gasteiger partial charge in [0.2, 0.25) is 11.8 Å². The van der Waals surface area contributed by atoms with Gasteiger partial charge in [0.05, 0.1) is 12.6 Å². The smallest absolute Gasteiger partial charge is 0.251 e. The van der Waals surface area contributed by atoms with Crippen LogP contribution in [0.3, 0.4) is 0 Å². The van der Waals surface area contributed by atoms with E-state index in [0.717, 1.165) is 10.4 Å². The predicted octanol–water partition coefficient (Wildman–Crippen LogP) is 2.69. The van der Waals surface area contributed by atoms with Gasteiger partial charge in [-0.2, -0.15) is 0 Å². The summed E-state index contributed by atoms with van der Waals surface area (Å²) in [5.41, 5.74) is 1.47. The van der Waals surface area contributed by atoms with Gasteiger partial charge in [0.25, 0.3) is 5.91 Å². The Bertz CT molecular complexity index is 950. The third-order valence-corrected chi connectivity index (χ3v) is 5.80. The first-order valence-corrected chi connectivity index (χ1v) is 11.0. The predicted molar refractivity (Wildman–Crippen MR) is 122 cm³/mol. The molecule has 31 heavy (non-hydrogen) atoms. The number of hydrogen-bond donors (Lipinski definition) is 3. The molecular formula is C23H29N3O4S. The summed E-state index contributed by atoms with van der Waals surface area (Å²) in [6.45, 7) is 8.38. The summed E-state index contributed by atoms with van der Waals surface area (Å²) in [6, 6.07) is 9.80. The van der Waals surface area contributed by atoms with E-state index in [2.05, 4.69) is 16.0 Å². The molecule has 2 rings (SSSR count). The van der Waals surface area contributed by atoms with Crippen LogP contribution in [0.25, 0.3) is 10.4 Å². The Morgan fingerprint density at radius 3 is 2.10 bits per heavy atom. The van der Waals surface area contributed by atoms with E-state index in [-0.39, 0.29) is 24.2 Å². The summed E-state index contributed by atoms with van der Waals surface area (Å²) in [4.78, 5) is 50.6. The summed E-state index contributed by atoms with van der Waals surface area (Å²) in [7, 11) is 0. The van der Waals surface area contributed by atoms with Crippen LogP contribution in [-0.4, -0.2) is 42.1 Å². The Balaban J connectivity index is 1.84. The van der Waals surface area contributed by atoms with Gasteiger partial charge in [0.1, 0.15) is 6.04 Å². The molecule has 0 aliphatic heterocycles. The zero-order valence-corrected chi connectivity index (χ0v) is 19.3. The Hall–Kier alpha value is -3.00. The first-order chi connectivity index (χ1) is 14.6. The molecule has 0 saturated heterocycles. The fourth-order valence-corrected chi connectivity index (χ4v) is 3.89. The van der Waals surface area contributed by atoms with Gasteiger partial charge in [-0.15, -0.1) is 11.3 Å². The summed E-state index contributed by atoms with van der Waals surface area (Å²) in [5, 5.41) is 7.72. The number of aryl methyl sites for hydroxylation is 1. The van der Waals surface area contributed by atoms with Gasteiger partial charge in [-0.05, 0) is 56.5 Å². The van der Waals surface area contributed by atoms with Gasteiger partial charge in [0, 0.05) is 15.3 Å². The Kier molecular flexibility index (Phi) is 8.50. The minimum Gasteiger partial charge on any atom is -0.344 e. The standard InChI is InChI=1S/C23H29N3O4S/c1-13(2)21(16(5)27)26-22(29)15(4)25-20(28)12-24-23(30)18-9-7-17(8-10-18)19-11-6-14(3)31-19/h6-11,13,15,21H,12H2,1-5H3,(H,24,30)(H,25,28)(H,26,29)/t15-,21-/m0/s1. The van der Waals surface area contributed by atoms with Crippen LogP contribution in [0.4, 0.5) is 0 Å². The molecule has 8 heteroatoms. The topological polar surface area (TPSA) is 104 Å². The second-order valence-electron chi connectivity index (χ2n) is 7.80. The maximum atomic E-state index is 12.3. The van der Waals surface area contributed by atoms with Crippen molar-refractivity contribution in [3.63, 3.8) is 0 Å². The van der Waals surface area contributed by atoms with Crippen molar-refractivity contribution >= 4 is 34.8 Å². The zero-order valence-electron chi connectivity index (χ0n) is 18.4. The minimum atomic E-state index is -0.835. The number of rotatable bonds is 9. The van der Waals surface area contributed by atoms with E-state index < -0.39 is 23.9 Å². The molecule has 0 aliphatic carbocycles. The highest BCUT2D eigenvalue weighted by Crippen LogP contribution is 2.27. The average Bonchev–Trinajstić information content (AvgIpc) is 3.15. The third kappa shape index (κ3) is 7.03. The lowest BCUT2D eigenvalue weighted by molar-refractivity contribution is -0.131. The number of nitrogens with one attached hydrogen (secondary N) is 3. The van der Waals surface area contributed by atoms with Gasteiger partial charge < -0.3 is 16.0 Å². The van der Waals surface area contributed by atoms with Crippen LogP contribution in [0.2, 0.25) is 0 Å². The molecule has 0 bridgehead atoms. The summed E-state index contributed by atoms with van der Waals surface area (Å²) < 4.78 is 0. The maximum Gasteiger partial charge on any atom is 0.251 e. The summed E-state index contributed by atoms with van der Waals surface area (Å²) in [5.74, 6) is -1.52. The summed E-state index contributed by atoms with van der Waals surface area (Å²) in [6.07, 6.45) is 0. The first kappa shape index (κ1) is 24.3. The molecule has 0 unspecified atom stereocenters. The number of carbonyl (C=O) groups excluding carboxylic acids is 4. The molecule has 0 saturated carbocycles. The SMILES string of the molecule is CC(=O)[C@@H](NC(=O)[C@H](C)NC(=O)CNC(=O)c1ccc(-c2ccc(C)s2)cc1)C(C)C. The highest BCUT2D eigenvalue weighted by molar-refractivity contribution is 7.15. The molecule has 166 valence electrons. The van der Waals surface area contributed by atoms with Crippen LogP contribution < -0.4 is 16.0 Å². The number of benzene rings is 1. The lowest BCUT2D eigenvalue weighted by Gasteiger charge is -2.22. The Labute approximate surface area is 186 Å². The number of ketones is 1. The zero-order chi connectivity index (χ0) is 23.1. The average molecular weight is 444 g/mol. The van der Waals surface area contributed by atoms with E-state index >= 15 is 0 Å². The van der Waals surface area contributed by atoms with E-state index in [9.17, 15) is 19.2 Å². The maximum absolute atomic E-state index is 12.3.